The summed E-state index contributed by atoms with van der Waals surface area (Å²) < 4.78 is 6.07. The highest BCUT2D eigenvalue weighted by Gasteiger charge is 2.49. The van der Waals surface area contributed by atoms with Gasteiger partial charge in [0.15, 0.2) is 0 Å². The monoisotopic (exact) mass is 257 g/mol. The van der Waals surface area contributed by atoms with Crippen LogP contribution in [0.25, 0.3) is 0 Å². The number of hydrogen-bond acceptors (Lipinski definition) is 3. The molecule has 1 saturated carbocycles. The van der Waals surface area contributed by atoms with Gasteiger partial charge in [0.25, 0.3) is 0 Å². The van der Waals surface area contributed by atoms with Crippen LogP contribution in [0.3, 0.4) is 0 Å². The Morgan fingerprint density at radius 2 is 2.24 bits per heavy atom. The fourth-order valence-corrected chi connectivity index (χ4v) is 3.66. The van der Waals surface area contributed by atoms with Gasteiger partial charge >= 0.3 is 0 Å². The molecule has 3 heteroatoms. The lowest BCUT2D eigenvalue weighted by Gasteiger charge is -2.35. The fourth-order valence-electron chi connectivity index (χ4n) is 3.23. The van der Waals surface area contributed by atoms with Crippen molar-refractivity contribution in [3.63, 3.8) is 0 Å². The van der Waals surface area contributed by atoms with Gasteiger partial charge in [0.1, 0.15) is 0 Å². The Bertz CT molecular complexity index is 232. The van der Waals surface area contributed by atoms with Crippen LogP contribution >= 0.6 is 11.8 Å². The molecule has 1 aliphatic heterocycles. The lowest BCUT2D eigenvalue weighted by molar-refractivity contribution is 0.0265. The van der Waals surface area contributed by atoms with E-state index in [-0.39, 0.29) is 0 Å². The highest BCUT2D eigenvalue weighted by molar-refractivity contribution is 7.98. The lowest BCUT2D eigenvalue weighted by atomic mass is 9.75. The van der Waals surface area contributed by atoms with E-state index in [1.165, 1.54) is 44.4 Å². The summed E-state index contributed by atoms with van der Waals surface area (Å²) in [5.74, 6) is 2.18. The molecular formula is C14H27NOS. The van der Waals surface area contributed by atoms with E-state index in [9.17, 15) is 0 Å². The average Bonchev–Trinajstić information content (AvgIpc) is 3.10. The van der Waals surface area contributed by atoms with Crippen LogP contribution in [-0.2, 0) is 4.74 Å². The third-order valence-corrected chi connectivity index (χ3v) is 5.00. The fraction of sp³-hybridized carbons (Fsp3) is 1.00. The van der Waals surface area contributed by atoms with Gasteiger partial charge in [-0.25, -0.2) is 0 Å². The molecule has 1 saturated heterocycles. The molecule has 0 amide bonds. The van der Waals surface area contributed by atoms with E-state index in [1.807, 2.05) is 11.8 Å². The second-order valence-corrected chi connectivity index (χ2v) is 6.60. The van der Waals surface area contributed by atoms with E-state index in [0.717, 1.165) is 19.1 Å². The van der Waals surface area contributed by atoms with Crippen molar-refractivity contribution in [1.29, 1.82) is 0 Å². The van der Waals surface area contributed by atoms with Crippen molar-refractivity contribution in [2.45, 2.75) is 45.1 Å². The zero-order valence-corrected chi connectivity index (χ0v) is 12.2. The van der Waals surface area contributed by atoms with Crippen molar-refractivity contribution in [3.8, 4) is 0 Å². The zero-order valence-electron chi connectivity index (χ0n) is 11.3. The molecule has 2 nitrogen and oxygen atoms in total. The summed E-state index contributed by atoms with van der Waals surface area (Å²) >= 11 is 1.97. The molecule has 2 unspecified atom stereocenters. The summed E-state index contributed by atoms with van der Waals surface area (Å²) in [4.78, 5) is 0. The van der Waals surface area contributed by atoms with Gasteiger partial charge in [0.05, 0.1) is 6.10 Å². The summed E-state index contributed by atoms with van der Waals surface area (Å²) in [5.41, 5.74) is 0.451. The highest BCUT2D eigenvalue weighted by Crippen LogP contribution is 2.49. The molecule has 0 bridgehead atoms. The van der Waals surface area contributed by atoms with Gasteiger partial charge in [-0.05, 0) is 56.6 Å². The SMILES string of the molecule is CCNCC1(CCCSC)CCOC1C1CC1. The Morgan fingerprint density at radius 3 is 2.88 bits per heavy atom. The Labute approximate surface area is 110 Å². The van der Waals surface area contributed by atoms with E-state index in [4.69, 9.17) is 4.74 Å². The lowest BCUT2D eigenvalue weighted by Crippen LogP contribution is -2.42. The molecule has 100 valence electrons. The van der Waals surface area contributed by atoms with Crippen molar-refractivity contribution in [3.05, 3.63) is 0 Å². The van der Waals surface area contributed by atoms with Gasteiger partial charge in [-0.15, -0.1) is 0 Å². The van der Waals surface area contributed by atoms with Crippen LogP contribution in [0.1, 0.15) is 39.0 Å². The molecular weight excluding hydrogens is 230 g/mol. The van der Waals surface area contributed by atoms with Gasteiger partial charge in [-0.1, -0.05) is 6.92 Å². The Balaban J connectivity index is 1.94. The van der Waals surface area contributed by atoms with Gasteiger partial charge in [0, 0.05) is 18.6 Å². The first-order chi connectivity index (χ1) is 8.32. The minimum atomic E-state index is 0.451. The Kier molecular flexibility index (Phi) is 5.19. The van der Waals surface area contributed by atoms with Crippen molar-refractivity contribution in [2.24, 2.45) is 11.3 Å². The summed E-state index contributed by atoms with van der Waals surface area (Å²) in [7, 11) is 0. The molecule has 2 fully saturated rings. The number of thioether (sulfide) groups is 1. The summed E-state index contributed by atoms with van der Waals surface area (Å²) in [5, 5.41) is 3.58. The Hall–Kier alpha value is 0.270. The standard InChI is InChI=1S/C14H27NOS/c1-3-15-11-14(7-4-10-17-2)8-9-16-13(14)12-5-6-12/h12-13,15H,3-11H2,1-2H3. The summed E-state index contributed by atoms with van der Waals surface area (Å²) in [6.07, 6.45) is 9.54. The van der Waals surface area contributed by atoms with Crippen LogP contribution in [0, 0.1) is 11.3 Å². The molecule has 0 spiro atoms. The Morgan fingerprint density at radius 1 is 1.41 bits per heavy atom. The molecule has 1 N–H and O–H groups in total. The normalized spacial score (nSPS) is 33.2. The quantitative estimate of drug-likeness (QED) is 0.676. The van der Waals surface area contributed by atoms with Crippen molar-refractivity contribution in [1.82, 2.24) is 5.32 Å². The third-order valence-electron chi connectivity index (χ3n) is 4.30. The first kappa shape index (κ1) is 13.7. The van der Waals surface area contributed by atoms with E-state index in [2.05, 4.69) is 18.5 Å². The van der Waals surface area contributed by atoms with Crippen molar-refractivity contribution >= 4 is 11.8 Å². The molecule has 0 aromatic carbocycles. The molecule has 1 aliphatic carbocycles. The molecule has 2 atom stereocenters. The van der Waals surface area contributed by atoms with E-state index < -0.39 is 0 Å². The number of nitrogens with one attached hydrogen (secondary N) is 1. The second kappa shape index (κ2) is 6.44. The summed E-state index contributed by atoms with van der Waals surface area (Å²) in [6, 6.07) is 0. The van der Waals surface area contributed by atoms with E-state index in [1.54, 1.807) is 0 Å². The van der Waals surface area contributed by atoms with Gasteiger partial charge in [-0.2, -0.15) is 11.8 Å². The van der Waals surface area contributed by atoms with Crippen LogP contribution in [0.15, 0.2) is 0 Å². The molecule has 0 radical (unpaired) electrons. The third kappa shape index (κ3) is 3.39. The molecule has 0 aromatic heterocycles. The molecule has 17 heavy (non-hydrogen) atoms. The number of ether oxygens (including phenoxy) is 1. The van der Waals surface area contributed by atoms with Crippen molar-refractivity contribution in [2.75, 3.05) is 31.7 Å². The second-order valence-electron chi connectivity index (χ2n) is 5.62. The van der Waals surface area contributed by atoms with E-state index in [0.29, 0.717) is 11.5 Å². The predicted octanol–water partition coefficient (Wildman–Crippen LogP) is 2.92. The van der Waals surface area contributed by atoms with Gasteiger partial charge in [-0.3, -0.25) is 0 Å². The zero-order chi connectivity index (χ0) is 12.1. The van der Waals surface area contributed by atoms with Crippen LogP contribution in [0.4, 0.5) is 0 Å². The van der Waals surface area contributed by atoms with E-state index >= 15 is 0 Å². The summed E-state index contributed by atoms with van der Waals surface area (Å²) in [6.45, 7) is 5.45. The first-order valence-electron chi connectivity index (χ1n) is 7.13. The van der Waals surface area contributed by atoms with Crippen molar-refractivity contribution < 1.29 is 4.74 Å². The maximum Gasteiger partial charge on any atom is 0.0672 e. The maximum absolute atomic E-state index is 6.07. The van der Waals surface area contributed by atoms with Gasteiger partial charge in [0.2, 0.25) is 0 Å². The minimum Gasteiger partial charge on any atom is -0.377 e. The largest absolute Gasteiger partial charge is 0.377 e. The topological polar surface area (TPSA) is 21.3 Å². The molecule has 0 aromatic rings. The number of hydrogen-bond donors (Lipinski definition) is 1. The van der Waals surface area contributed by atoms with Crippen LogP contribution in [-0.4, -0.2) is 37.8 Å². The first-order valence-corrected chi connectivity index (χ1v) is 8.53. The van der Waals surface area contributed by atoms with Crippen LogP contribution < -0.4 is 5.32 Å². The average molecular weight is 257 g/mol. The smallest absolute Gasteiger partial charge is 0.0672 e. The highest BCUT2D eigenvalue weighted by atomic mass is 32.2. The molecule has 1 heterocycles. The van der Waals surface area contributed by atoms with Crippen LogP contribution in [0.5, 0.6) is 0 Å². The maximum atomic E-state index is 6.07. The molecule has 2 aliphatic rings. The number of rotatable bonds is 8. The predicted molar refractivity (Wildman–Crippen MR) is 75.7 cm³/mol. The molecule has 2 rings (SSSR count). The van der Waals surface area contributed by atoms with Gasteiger partial charge < -0.3 is 10.1 Å². The van der Waals surface area contributed by atoms with Crippen LogP contribution in [0.2, 0.25) is 0 Å². The minimum absolute atomic E-state index is 0.451.